The highest BCUT2D eigenvalue weighted by Gasteiger charge is 2.23. The van der Waals surface area contributed by atoms with Crippen molar-refractivity contribution >= 4 is 16.6 Å². The number of oxime groups is 1. The predicted molar refractivity (Wildman–Crippen MR) is 68.9 cm³/mol. The van der Waals surface area contributed by atoms with Crippen LogP contribution in [-0.2, 0) is 13.5 Å². The Morgan fingerprint density at radius 3 is 2.88 bits per heavy atom. The lowest BCUT2D eigenvalue weighted by atomic mass is 9.93. The molecule has 0 saturated heterocycles. The second-order valence-corrected chi connectivity index (χ2v) is 4.81. The highest BCUT2D eigenvalue weighted by molar-refractivity contribution is 6.06. The number of hydrogen-bond donors (Lipinski definition) is 1. The number of nitrogens with zero attached hydrogens (tertiary/aromatic N) is 2. The van der Waals surface area contributed by atoms with E-state index in [1.54, 1.807) is 0 Å². The monoisotopic (exact) mass is 228 g/mol. The first-order valence-corrected chi connectivity index (χ1v) is 6.01. The molecule has 0 amide bonds. The van der Waals surface area contributed by atoms with Crippen molar-refractivity contribution in [1.29, 1.82) is 0 Å². The summed E-state index contributed by atoms with van der Waals surface area (Å²) >= 11 is 0. The van der Waals surface area contributed by atoms with Crippen LogP contribution in [0.5, 0.6) is 0 Å². The second-order valence-electron chi connectivity index (χ2n) is 4.81. The summed E-state index contributed by atoms with van der Waals surface area (Å²) in [7, 11) is 2.05. The quantitative estimate of drug-likeness (QED) is 0.546. The van der Waals surface area contributed by atoms with Gasteiger partial charge in [0, 0.05) is 18.0 Å². The van der Waals surface area contributed by atoms with Gasteiger partial charge in [-0.3, -0.25) is 0 Å². The number of aromatic nitrogens is 1. The van der Waals surface area contributed by atoms with Crippen LogP contribution in [0.4, 0.5) is 0 Å². The van der Waals surface area contributed by atoms with Crippen LogP contribution in [0.25, 0.3) is 10.9 Å². The van der Waals surface area contributed by atoms with Gasteiger partial charge in [-0.05, 0) is 43.9 Å². The van der Waals surface area contributed by atoms with Crippen molar-refractivity contribution in [3.8, 4) is 0 Å². The summed E-state index contributed by atoms with van der Waals surface area (Å²) in [6, 6.07) is 6.51. The molecular formula is C14H16N2O. The van der Waals surface area contributed by atoms with Crippen LogP contribution in [0.2, 0.25) is 0 Å². The van der Waals surface area contributed by atoms with Crippen LogP contribution in [0.3, 0.4) is 0 Å². The van der Waals surface area contributed by atoms with Crippen molar-refractivity contribution < 1.29 is 5.21 Å². The van der Waals surface area contributed by atoms with Crippen molar-refractivity contribution in [2.75, 3.05) is 0 Å². The number of fused-ring (bicyclic) bond motifs is 3. The van der Waals surface area contributed by atoms with Crippen molar-refractivity contribution in [1.82, 2.24) is 4.57 Å². The van der Waals surface area contributed by atoms with Gasteiger partial charge in [-0.15, -0.1) is 0 Å². The van der Waals surface area contributed by atoms with E-state index in [-0.39, 0.29) is 0 Å². The Morgan fingerprint density at radius 2 is 2.12 bits per heavy atom. The lowest BCUT2D eigenvalue weighted by molar-refractivity contribution is 0.317. The lowest BCUT2D eigenvalue weighted by Gasteiger charge is -2.14. The summed E-state index contributed by atoms with van der Waals surface area (Å²) in [5.41, 5.74) is 5.77. The van der Waals surface area contributed by atoms with Crippen molar-refractivity contribution in [3.63, 3.8) is 0 Å². The van der Waals surface area contributed by atoms with E-state index < -0.39 is 0 Å². The smallest absolute Gasteiger partial charge is 0.103 e. The Labute approximate surface area is 100 Å². The normalized spacial score (nSPS) is 17.6. The van der Waals surface area contributed by atoms with Crippen LogP contribution >= 0.6 is 0 Å². The Kier molecular flexibility index (Phi) is 2.21. The van der Waals surface area contributed by atoms with Gasteiger partial charge in [-0.1, -0.05) is 16.8 Å². The minimum atomic E-state index is 0.822. The standard InChI is InChI=1S/C14H16N2O/c1-9-6-7-13-11(8-9)10-4-3-5-12(15-17)14(10)16(13)2/h6-8,17H,3-5H2,1-2H3/b15-12-. The van der Waals surface area contributed by atoms with Gasteiger partial charge < -0.3 is 9.77 Å². The molecule has 1 heterocycles. The molecule has 0 spiro atoms. The van der Waals surface area contributed by atoms with Gasteiger partial charge in [0.25, 0.3) is 0 Å². The molecule has 88 valence electrons. The largest absolute Gasteiger partial charge is 0.411 e. The van der Waals surface area contributed by atoms with E-state index in [1.165, 1.54) is 22.0 Å². The number of rotatable bonds is 0. The molecule has 0 unspecified atom stereocenters. The van der Waals surface area contributed by atoms with Gasteiger partial charge in [0.1, 0.15) is 5.71 Å². The van der Waals surface area contributed by atoms with Gasteiger partial charge >= 0.3 is 0 Å². The molecule has 1 aromatic heterocycles. The molecule has 0 saturated carbocycles. The van der Waals surface area contributed by atoms with E-state index in [1.807, 2.05) is 7.05 Å². The zero-order chi connectivity index (χ0) is 12.0. The molecule has 0 bridgehead atoms. The van der Waals surface area contributed by atoms with E-state index in [0.717, 1.165) is 30.7 Å². The van der Waals surface area contributed by atoms with E-state index in [0.29, 0.717) is 0 Å². The first kappa shape index (κ1) is 10.4. The maximum Gasteiger partial charge on any atom is 0.103 e. The summed E-state index contributed by atoms with van der Waals surface area (Å²) in [5.74, 6) is 0. The molecule has 2 aromatic rings. The zero-order valence-corrected chi connectivity index (χ0v) is 10.2. The molecule has 3 nitrogen and oxygen atoms in total. The summed E-state index contributed by atoms with van der Waals surface area (Å²) < 4.78 is 2.15. The fraction of sp³-hybridized carbons (Fsp3) is 0.357. The molecule has 17 heavy (non-hydrogen) atoms. The van der Waals surface area contributed by atoms with Gasteiger partial charge in [-0.25, -0.2) is 0 Å². The highest BCUT2D eigenvalue weighted by Crippen LogP contribution is 2.32. The molecule has 3 heteroatoms. The van der Waals surface area contributed by atoms with Gasteiger partial charge in [0.2, 0.25) is 0 Å². The van der Waals surface area contributed by atoms with Crippen molar-refractivity contribution in [2.45, 2.75) is 26.2 Å². The first-order chi connectivity index (χ1) is 8.22. The topological polar surface area (TPSA) is 37.5 Å². The van der Waals surface area contributed by atoms with Crippen LogP contribution in [0.15, 0.2) is 23.4 Å². The fourth-order valence-corrected chi connectivity index (χ4v) is 2.90. The molecule has 1 N–H and O–H groups in total. The minimum Gasteiger partial charge on any atom is -0.411 e. The third-order valence-electron chi connectivity index (χ3n) is 3.69. The van der Waals surface area contributed by atoms with Gasteiger partial charge in [0.05, 0.1) is 5.69 Å². The second kappa shape index (κ2) is 3.62. The van der Waals surface area contributed by atoms with Gasteiger partial charge in [0.15, 0.2) is 0 Å². The van der Waals surface area contributed by atoms with Crippen LogP contribution < -0.4 is 0 Å². The molecule has 0 aliphatic heterocycles. The summed E-state index contributed by atoms with van der Waals surface area (Å²) in [6.45, 7) is 2.11. The summed E-state index contributed by atoms with van der Waals surface area (Å²) in [4.78, 5) is 0. The Balaban J connectivity index is 2.41. The zero-order valence-electron chi connectivity index (χ0n) is 10.2. The van der Waals surface area contributed by atoms with Crippen LogP contribution in [0, 0.1) is 6.92 Å². The van der Waals surface area contributed by atoms with Gasteiger partial charge in [-0.2, -0.15) is 0 Å². The van der Waals surface area contributed by atoms with Crippen molar-refractivity contribution in [3.05, 3.63) is 35.0 Å². The number of benzene rings is 1. The third-order valence-corrected chi connectivity index (χ3v) is 3.69. The molecule has 0 fully saturated rings. The van der Waals surface area contributed by atoms with Crippen LogP contribution in [-0.4, -0.2) is 15.5 Å². The molecule has 1 aliphatic rings. The average molecular weight is 228 g/mol. The molecule has 3 rings (SSSR count). The Hall–Kier alpha value is -1.77. The molecule has 1 aromatic carbocycles. The maximum atomic E-state index is 9.12. The average Bonchev–Trinajstić information content (AvgIpc) is 2.63. The highest BCUT2D eigenvalue weighted by atomic mass is 16.4. The number of hydrogen-bond acceptors (Lipinski definition) is 2. The van der Waals surface area contributed by atoms with Crippen LogP contribution in [0.1, 0.15) is 29.7 Å². The molecule has 0 atom stereocenters. The van der Waals surface area contributed by atoms with E-state index in [2.05, 4.69) is 34.8 Å². The predicted octanol–water partition coefficient (Wildman–Crippen LogP) is 3.00. The maximum absolute atomic E-state index is 9.12. The summed E-state index contributed by atoms with van der Waals surface area (Å²) in [5, 5.41) is 13.9. The summed E-state index contributed by atoms with van der Waals surface area (Å²) in [6.07, 6.45) is 3.02. The molecular weight excluding hydrogens is 212 g/mol. The third kappa shape index (κ3) is 1.38. The van der Waals surface area contributed by atoms with E-state index >= 15 is 0 Å². The Morgan fingerprint density at radius 1 is 1.29 bits per heavy atom. The molecule has 1 aliphatic carbocycles. The number of aryl methyl sites for hydroxylation is 3. The first-order valence-electron chi connectivity index (χ1n) is 6.01. The van der Waals surface area contributed by atoms with E-state index in [9.17, 15) is 0 Å². The SMILES string of the molecule is Cc1ccc2c(c1)c1c(n2C)/C(=N\O)CCC1. The molecule has 0 radical (unpaired) electrons. The van der Waals surface area contributed by atoms with Crippen molar-refractivity contribution in [2.24, 2.45) is 12.2 Å². The lowest BCUT2D eigenvalue weighted by Crippen LogP contribution is -2.14. The minimum absolute atomic E-state index is 0.822. The fourth-order valence-electron chi connectivity index (χ4n) is 2.90. The van der Waals surface area contributed by atoms with E-state index in [4.69, 9.17) is 5.21 Å². The Bertz CT molecular complexity index is 623.